The van der Waals surface area contributed by atoms with E-state index in [-0.39, 0.29) is 0 Å². The molecule has 14 aromatic carbocycles. The van der Waals surface area contributed by atoms with E-state index in [9.17, 15) is 0 Å². The molecule has 6 heteroatoms. The van der Waals surface area contributed by atoms with Gasteiger partial charge in [-0.15, -0.1) is 0 Å². The lowest BCUT2D eigenvalue weighted by Gasteiger charge is -2.26. The Balaban J connectivity index is 0.000000134. The van der Waals surface area contributed by atoms with Gasteiger partial charge in [0.1, 0.15) is 33.5 Å². The monoisotopic (exact) mass is 1100 g/mol. The van der Waals surface area contributed by atoms with Gasteiger partial charge in [0.05, 0.1) is 11.4 Å². The molecule has 0 fully saturated rings. The molecule has 0 bridgehead atoms. The van der Waals surface area contributed by atoms with Gasteiger partial charge in [0.2, 0.25) is 0 Å². The Labute approximate surface area is 493 Å². The largest absolute Gasteiger partial charge is 0.456 e. The lowest BCUT2D eigenvalue weighted by molar-refractivity contribution is 0.666. The Morgan fingerprint density at radius 2 is 0.512 bits per heavy atom. The maximum Gasteiger partial charge on any atom is 0.159 e. The SMILES string of the molecule is c1ccc2cc(-c3ccc(N(c4ccc5oc6ccccc6c5c4)c4ccc5oc6ccccc6c5c4)cc3)ccc2c1.c1ccc2cc(-c3ccc(N(c4cccc5c4oc4ccccc45)c4cccc5c4oc4ccccc45)cc3)ccc2c1. The summed E-state index contributed by atoms with van der Waals surface area (Å²) in [6.07, 6.45) is 0. The van der Waals surface area contributed by atoms with E-state index in [1.165, 1.54) is 43.8 Å². The molecule has 4 aromatic heterocycles. The topological polar surface area (TPSA) is 59.0 Å². The van der Waals surface area contributed by atoms with Crippen LogP contribution in [0.1, 0.15) is 0 Å². The van der Waals surface area contributed by atoms with Crippen LogP contribution >= 0.6 is 0 Å². The van der Waals surface area contributed by atoms with Crippen LogP contribution in [0, 0.1) is 0 Å². The van der Waals surface area contributed by atoms with Crippen LogP contribution in [0.3, 0.4) is 0 Å². The van der Waals surface area contributed by atoms with Crippen molar-refractivity contribution in [1.29, 1.82) is 0 Å². The maximum absolute atomic E-state index is 6.54. The van der Waals surface area contributed by atoms with Crippen molar-refractivity contribution >= 4 is 143 Å². The third-order valence-corrected chi connectivity index (χ3v) is 16.9. The van der Waals surface area contributed by atoms with Gasteiger partial charge in [-0.3, -0.25) is 0 Å². The van der Waals surface area contributed by atoms with Crippen LogP contribution in [0.4, 0.5) is 34.1 Å². The predicted octanol–water partition coefficient (Wildman–Crippen LogP) is 23.6. The van der Waals surface area contributed by atoms with Gasteiger partial charge >= 0.3 is 0 Å². The van der Waals surface area contributed by atoms with E-state index in [2.05, 4.69) is 265 Å². The number of hydrogen-bond donors (Lipinski definition) is 0. The molecular formula is C80H50N2O4. The van der Waals surface area contributed by atoms with Gasteiger partial charge in [-0.1, -0.05) is 194 Å². The molecule has 0 atom stereocenters. The number of nitrogens with zero attached hydrogens (tertiary/aromatic N) is 2. The fourth-order valence-corrected chi connectivity index (χ4v) is 12.7. The third kappa shape index (κ3) is 8.34. The van der Waals surface area contributed by atoms with Crippen molar-refractivity contribution in [2.45, 2.75) is 0 Å². The average Bonchev–Trinajstić information content (AvgIpc) is 4.51. The summed E-state index contributed by atoms with van der Waals surface area (Å²) in [6.45, 7) is 0. The molecule has 4 heterocycles. The second kappa shape index (κ2) is 20.1. The first-order valence-electron chi connectivity index (χ1n) is 29.0. The number of benzene rings is 14. The van der Waals surface area contributed by atoms with Gasteiger partial charge in [0.25, 0.3) is 0 Å². The maximum atomic E-state index is 6.54. The summed E-state index contributed by atoms with van der Waals surface area (Å²) >= 11 is 0. The zero-order chi connectivity index (χ0) is 56.7. The molecule has 0 spiro atoms. The highest BCUT2D eigenvalue weighted by Crippen LogP contribution is 2.47. The molecule has 0 amide bonds. The number of hydrogen-bond acceptors (Lipinski definition) is 6. The molecule has 86 heavy (non-hydrogen) atoms. The highest BCUT2D eigenvalue weighted by molar-refractivity contribution is 6.14. The Morgan fingerprint density at radius 1 is 0.186 bits per heavy atom. The Bertz CT molecular complexity index is 5400. The zero-order valence-electron chi connectivity index (χ0n) is 46.4. The van der Waals surface area contributed by atoms with Gasteiger partial charge in [-0.2, -0.15) is 0 Å². The Morgan fingerprint density at radius 3 is 0.953 bits per heavy atom. The molecular weight excluding hydrogens is 1050 g/mol. The summed E-state index contributed by atoms with van der Waals surface area (Å²) < 4.78 is 25.4. The summed E-state index contributed by atoms with van der Waals surface area (Å²) in [5.74, 6) is 0. The van der Waals surface area contributed by atoms with Crippen molar-refractivity contribution < 1.29 is 17.7 Å². The van der Waals surface area contributed by atoms with Crippen LogP contribution in [-0.2, 0) is 0 Å². The fraction of sp³-hybridized carbons (Fsp3) is 0. The summed E-state index contributed by atoms with van der Waals surface area (Å²) in [4.78, 5) is 4.58. The molecule has 0 saturated heterocycles. The Hall–Kier alpha value is -11.6. The number of para-hydroxylation sites is 6. The van der Waals surface area contributed by atoms with Gasteiger partial charge in [-0.25, -0.2) is 0 Å². The number of rotatable bonds is 8. The smallest absolute Gasteiger partial charge is 0.159 e. The Kier molecular flexibility index (Phi) is 11.5. The van der Waals surface area contributed by atoms with Crippen LogP contribution in [0.5, 0.6) is 0 Å². The van der Waals surface area contributed by atoms with E-state index < -0.39 is 0 Å². The molecule has 6 nitrogen and oxygen atoms in total. The minimum atomic E-state index is 0.843. The highest BCUT2D eigenvalue weighted by atomic mass is 16.3. The summed E-state index contributed by atoms with van der Waals surface area (Å²) in [5.41, 5.74) is 17.9. The summed E-state index contributed by atoms with van der Waals surface area (Å²) in [5, 5.41) is 13.8. The molecule has 0 unspecified atom stereocenters. The van der Waals surface area contributed by atoms with Crippen molar-refractivity contribution in [2.75, 3.05) is 9.80 Å². The summed E-state index contributed by atoms with van der Waals surface area (Å²) in [7, 11) is 0. The van der Waals surface area contributed by atoms with Gasteiger partial charge in [0, 0.05) is 65.8 Å². The van der Waals surface area contributed by atoms with E-state index in [0.717, 1.165) is 122 Å². The lowest BCUT2D eigenvalue weighted by atomic mass is 10.0. The lowest BCUT2D eigenvalue weighted by Crippen LogP contribution is -2.10. The van der Waals surface area contributed by atoms with E-state index in [1.54, 1.807) is 0 Å². The minimum Gasteiger partial charge on any atom is -0.456 e. The number of fused-ring (bicyclic) bond motifs is 14. The molecule has 0 aliphatic heterocycles. The van der Waals surface area contributed by atoms with Crippen LogP contribution in [0.15, 0.2) is 321 Å². The number of anilines is 6. The minimum absolute atomic E-state index is 0.843. The van der Waals surface area contributed by atoms with E-state index >= 15 is 0 Å². The predicted molar refractivity (Wildman–Crippen MR) is 357 cm³/mol. The fourth-order valence-electron chi connectivity index (χ4n) is 12.7. The van der Waals surface area contributed by atoms with Crippen LogP contribution in [0.25, 0.3) is 132 Å². The van der Waals surface area contributed by atoms with Crippen LogP contribution in [0.2, 0.25) is 0 Å². The normalized spacial score (nSPS) is 11.7. The third-order valence-electron chi connectivity index (χ3n) is 16.9. The average molecular weight is 1100 g/mol. The quantitative estimate of drug-likeness (QED) is 0.151. The molecule has 18 rings (SSSR count). The molecule has 0 saturated carbocycles. The number of furan rings is 4. The first kappa shape index (κ1) is 49.0. The van der Waals surface area contributed by atoms with E-state index in [4.69, 9.17) is 17.7 Å². The molecule has 404 valence electrons. The van der Waals surface area contributed by atoms with E-state index in [0.29, 0.717) is 0 Å². The van der Waals surface area contributed by atoms with Crippen LogP contribution < -0.4 is 9.80 Å². The second-order valence-corrected chi connectivity index (χ2v) is 21.9. The molecule has 0 radical (unpaired) electrons. The van der Waals surface area contributed by atoms with Crippen LogP contribution in [-0.4, -0.2) is 0 Å². The molecule has 0 aliphatic rings. The molecule has 18 aromatic rings. The standard InChI is InChI=1S/2C40H25NO2/c1-2-10-28-25-29(20-19-26(28)9-1)27-21-23-30(24-22-27)41(35-15-7-13-33-31-11-3-5-17-37(31)42-39(33)35)36-16-8-14-34-32-12-4-6-18-38(32)43-40(34)36;1-2-8-28-23-29(14-13-26(28)7-1)27-15-17-30(18-16-27)41(31-19-21-39-35(24-31)33-9-3-5-11-37(33)42-39)32-20-22-40-36(25-32)34-10-4-6-12-38(34)43-40/h2*1-25H. The first-order valence-corrected chi connectivity index (χ1v) is 29.0. The first-order chi connectivity index (χ1) is 42.6. The second-order valence-electron chi connectivity index (χ2n) is 21.9. The van der Waals surface area contributed by atoms with E-state index in [1.807, 2.05) is 48.5 Å². The van der Waals surface area contributed by atoms with Crippen molar-refractivity contribution in [2.24, 2.45) is 0 Å². The highest BCUT2D eigenvalue weighted by Gasteiger charge is 2.24. The van der Waals surface area contributed by atoms with Crippen molar-refractivity contribution in [3.8, 4) is 22.3 Å². The molecule has 0 aliphatic carbocycles. The zero-order valence-corrected chi connectivity index (χ0v) is 46.4. The van der Waals surface area contributed by atoms with Gasteiger partial charge < -0.3 is 27.5 Å². The van der Waals surface area contributed by atoms with Gasteiger partial charge in [-0.05, 0) is 153 Å². The van der Waals surface area contributed by atoms with Crippen molar-refractivity contribution in [1.82, 2.24) is 0 Å². The van der Waals surface area contributed by atoms with Gasteiger partial charge in [0.15, 0.2) is 11.2 Å². The summed E-state index contributed by atoms with van der Waals surface area (Å²) in [6, 6.07) is 106. The molecule has 0 N–H and O–H groups in total. The van der Waals surface area contributed by atoms with Crippen molar-refractivity contribution in [3.63, 3.8) is 0 Å². The van der Waals surface area contributed by atoms with Crippen molar-refractivity contribution in [3.05, 3.63) is 303 Å².